The van der Waals surface area contributed by atoms with E-state index in [4.69, 9.17) is 9.47 Å². The van der Waals surface area contributed by atoms with Crippen LogP contribution in [-0.2, 0) is 6.42 Å². The van der Waals surface area contributed by atoms with Crippen LogP contribution in [0.25, 0.3) is 10.9 Å². The Morgan fingerprint density at radius 1 is 0.931 bits per heavy atom. The molecule has 1 saturated heterocycles. The maximum Gasteiger partial charge on any atom is 0.162 e. The summed E-state index contributed by atoms with van der Waals surface area (Å²) in [6.07, 6.45) is 1.03. The predicted octanol–water partition coefficient (Wildman–Crippen LogP) is 3.48. The number of aromatic amines is 1. The third-order valence-corrected chi connectivity index (χ3v) is 5.80. The van der Waals surface area contributed by atoms with E-state index < -0.39 is 0 Å². The van der Waals surface area contributed by atoms with Crippen molar-refractivity contribution in [3.63, 3.8) is 0 Å². The number of nitrogens with one attached hydrogen (secondary N) is 1. The monoisotopic (exact) mass is 587 g/mol. The molecule has 29 heavy (non-hydrogen) atoms. The van der Waals surface area contributed by atoms with Gasteiger partial charge in [0.1, 0.15) is 0 Å². The number of aromatic nitrogens is 1. The number of benzene rings is 2. The van der Waals surface area contributed by atoms with Crippen molar-refractivity contribution in [2.75, 3.05) is 51.8 Å². The zero-order valence-corrected chi connectivity index (χ0v) is 21.4. The molecule has 0 bridgehead atoms. The first-order chi connectivity index (χ1) is 13.7. The second kappa shape index (κ2) is 9.84. The van der Waals surface area contributed by atoms with Gasteiger partial charge in [-0.3, -0.25) is 4.90 Å². The number of hydrogen-bond donors (Lipinski definition) is 1. The van der Waals surface area contributed by atoms with E-state index in [0.717, 1.165) is 56.2 Å². The van der Waals surface area contributed by atoms with Gasteiger partial charge in [-0.05, 0) is 37.1 Å². The minimum Gasteiger partial charge on any atom is -0.493 e. The van der Waals surface area contributed by atoms with Gasteiger partial charge in [-0.2, -0.15) is 0 Å². The number of rotatable bonds is 6. The molecule has 1 N–H and O–H groups in total. The zero-order chi connectivity index (χ0) is 19.5. The van der Waals surface area contributed by atoms with Gasteiger partial charge < -0.3 is 19.4 Å². The van der Waals surface area contributed by atoms with Gasteiger partial charge in [-0.15, -0.1) is 0 Å². The van der Waals surface area contributed by atoms with Gasteiger partial charge in [-0.25, -0.2) is 0 Å². The van der Waals surface area contributed by atoms with Crippen molar-refractivity contribution < 1.29 is 9.47 Å². The van der Waals surface area contributed by atoms with E-state index in [1.54, 1.807) is 14.2 Å². The molecule has 0 spiro atoms. The Bertz CT molecular complexity index is 934. The van der Waals surface area contributed by atoms with E-state index in [1.807, 2.05) is 6.07 Å². The minimum absolute atomic E-state index is 0. The van der Waals surface area contributed by atoms with Crippen molar-refractivity contribution in [2.24, 2.45) is 0 Å². The average Bonchev–Trinajstić information content (AvgIpc) is 3.06. The molecular weight excluding hydrogens is 557 g/mol. The number of ether oxygens (including phenoxy) is 2. The topological polar surface area (TPSA) is 40.7 Å². The van der Waals surface area contributed by atoms with E-state index in [2.05, 4.69) is 58.1 Å². The first kappa shape index (κ1) is 22.0. The number of hydrogen-bond acceptors (Lipinski definition) is 4. The van der Waals surface area contributed by atoms with E-state index in [-0.39, 0.29) is 27.3 Å². The zero-order valence-electron chi connectivity index (χ0n) is 17.5. The molecule has 0 saturated carbocycles. The Balaban J connectivity index is 0.00000240. The van der Waals surface area contributed by atoms with Crippen LogP contribution in [0.1, 0.15) is 11.3 Å². The second-order valence-electron chi connectivity index (χ2n) is 7.40. The van der Waals surface area contributed by atoms with Crippen molar-refractivity contribution in [1.82, 2.24) is 9.88 Å². The summed E-state index contributed by atoms with van der Waals surface area (Å²) in [6.45, 7) is 7.61. The predicted molar refractivity (Wildman–Crippen MR) is 121 cm³/mol. The molecule has 0 unspecified atom stereocenters. The Hall–Kier alpha value is -1.74. The summed E-state index contributed by atoms with van der Waals surface area (Å²) < 4.78 is 10.9. The molecule has 4 radical (unpaired) electrons. The summed E-state index contributed by atoms with van der Waals surface area (Å²) >= 11 is 0. The van der Waals surface area contributed by atoms with Gasteiger partial charge in [0.15, 0.2) is 11.5 Å². The molecule has 1 fully saturated rings. The number of fused-ring (bicyclic) bond motifs is 1. The third-order valence-electron chi connectivity index (χ3n) is 5.80. The largest absolute Gasteiger partial charge is 0.493 e. The van der Waals surface area contributed by atoms with Crippen LogP contribution in [-0.4, -0.2) is 84.1 Å². The van der Waals surface area contributed by atoms with E-state index in [1.165, 1.54) is 22.3 Å². The normalized spacial score (nSPS) is 14.7. The molecule has 6 heteroatoms. The van der Waals surface area contributed by atoms with E-state index in [0.29, 0.717) is 0 Å². The van der Waals surface area contributed by atoms with Crippen LogP contribution in [0.4, 0.5) is 5.69 Å². The van der Waals surface area contributed by atoms with Crippen molar-refractivity contribution in [1.29, 1.82) is 0 Å². The van der Waals surface area contributed by atoms with Crippen molar-refractivity contribution in [3.8, 4) is 11.5 Å². The summed E-state index contributed by atoms with van der Waals surface area (Å²) in [7, 11) is 3.37. The number of aryl methyl sites for hydroxylation is 1. The van der Waals surface area contributed by atoms with Crippen molar-refractivity contribution in [3.05, 3.63) is 53.7 Å². The van der Waals surface area contributed by atoms with Crippen LogP contribution in [0, 0.1) is 6.92 Å². The number of methoxy groups -OCH3 is 2. The second-order valence-corrected chi connectivity index (χ2v) is 7.40. The van der Waals surface area contributed by atoms with Crippen molar-refractivity contribution >= 4 is 43.9 Å². The fraction of sp³-hybridized carbons (Fsp3) is 0.391. The Kier molecular flexibility index (Phi) is 7.45. The van der Waals surface area contributed by atoms with Crippen LogP contribution >= 0.6 is 0 Å². The fourth-order valence-electron chi connectivity index (χ4n) is 4.17. The van der Waals surface area contributed by atoms with Crippen LogP contribution in [0.3, 0.4) is 0 Å². The number of anilines is 1. The fourth-order valence-corrected chi connectivity index (χ4v) is 4.17. The molecular formula is C23H29N3O2Pb. The van der Waals surface area contributed by atoms with Gasteiger partial charge in [-0.1, -0.05) is 18.2 Å². The molecule has 0 aliphatic carbocycles. The smallest absolute Gasteiger partial charge is 0.162 e. The van der Waals surface area contributed by atoms with Crippen molar-refractivity contribution in [2.45, 2.75) is 13.3 Å². The summed E-state index contributed by atoms with van der Waals surface area (Å²) in [5, 5.41) is 1.23. The van der Waals surface area contributed by atoms with Gasteiger partial charge in [0, 0.05) is 88.4 Å². The van der Waals surface area contributed by atoms with Crippen LogP contribution < -0.4 is 14.4 Å². The number of H-pyrrole nitrogens is 1. The Morgan fingerprint density at radius 2 is 1.59 bits per heavy atom. The van der Waals surface area contributed by atoms with Crippen LogP contribution in [0.15, 0.2) is 42.5 Å². The summed E-state index contributed by atoms with van der Waals surface area (Å²) in [5.41, 5.74) is 5.05. The number of para-hydroxylation sites is 1. The maximum atomic E-state index is 5.50. The van der Waals surface area contributed by atoms with E-state index >= 15 is 0 Å². The first-order valence-corrected chi connectivity index (χ1v) is 9.95. The Morgan fingerprint density at radius 3 is 2.24 bits per heavy atom. The third kappa shape index (κ3) is 4.71. The van der Waals surface area contributed by atoms with Crippen LogP contribution in [0.2, 0.25) is 0 Å². The van der Waals surface area contributed by atoms with Gasteiger partial charge in [0.2, 0.25) is 0 Å². The molecule has 1 aromatic heterocycles. The summed E-state index contributed by atoms with van der Waals surface area (Å²) in [5.74, 6) is 1.55. The number of nitrogens with zero attached hydrogens (tertiary/aromatic N) is 2. The summed E-state index contributed by atoms with van der Waals surface area (Å²) in [4.78, 5) is 8.55. The van der Waals surface area contributed by atoms with Gasteiger partial charge in [0.05, 0.1) is 14.2 Å². The summed E-state index contributed by atoms with van der Waals surface area (Å²) in [6, 6.07) is 14.8. The minimum atomic E-state index is 0. The quantitative estimate of drug-likeness (QED) is 0.450. The standard InChI is InChI=1S/C23H29N3O2.Pb/c1-17-19(20-15-22(27-2)23(28-3)16-21(20)24-17)9-10-25-11-13-26(14-12-25)18-7-5-4-6-8-18;/h4-8,15-16,24H,9-14H2,1-3H3;. The molecule has 5 nitrogen and oxygen atoms in total. The van der Waals surface area contributed by atoms with Gasteiger partial charge >= 0.3 is 0 Å². The maximum absolute atomic E-state index is 5.50. The molecule has 0 atom stereocenters. The number of piperazine rings is 1. The molecule has 2 heterocycles. The molecule has 3 aromatic rings. The molecule has 0 amide bonds. The van der Waals surface area contributed by atoms with Gasteiger partial charge in [0.25, 0.3) is 0 Å². The first-order valence-electron chi connectivity index (χ1n) is 9.95. The Labute approximate surface area is 193 Å². The average molecular weight is 587 g/mol. The van der Waals surface area contributed by atoms with Crippen LogP contribution in [0.5, 0.6) is 11.5 Å². The molecule has 1 aliphatic heterocycles. The molecule has 2 aromatic carbocycles. The van der Waals surface area contributed by atoms with E-state index in [9.17, 15) is 0 Å². The molecule has 152 valence electrons. The molecule has 1 aliphatic rings. The SMILES string of the molecule is COc1cc2[nH]c(C)c(CCN3CCN(c4ccccc4)CC3)c2cc1OC.[Pb]. The molecule has 4 rings (SSSR count).